The van der Waals surface area contributed by atoms with Gasteiger partial charge in [0.15, 0.2) is 11.5 Å². The molecule has 4 heterocycles. The van der Waals surface area contributed by atoms with Crippen LogP contribution in [0.3, 0.4) is 0 Å². The second-order valence-corrected chi connectivity index (χ2v) is 7.95. The highest BCUT2D eigenvalue weighted by atomic mass is 19.4. The lowest BCUT2D eigenvalue weighted by Crippen LogP contribution is -2.46. The average molecular weight is 496 g/mol. The number of nitrogens with two attached hydrogens (primary N) is 1. The number of hydrogen-bond acceptors (Lipinski definition) is 8. The SMILES string of the molecule is N=C/C(=C\N)C1CC(OC(F)F)CN(c2ccnc(-c3cnc4cnc(CC(F)(F)F)cn34)n2)C1. The lowest BCUT2D eigenvalue weighted by molar-refractivity contribution is -0.166. The van der Waals surface area contributed by atoms with Gasteiger partial charge in [-0.05, 0) is 24.3 Å². The Labute approximate surface area is 196 Å². The number of rotatable bonds is 7. The van der Waals surface area contributed by atoms with Gasteiger partial charge in [0.1, 0.15) is 11.5 Å². The lowest BCUT2D eigenvalue weighted by Gasteiger charge is -2.38. The first-order chi connectivity index (χ1) is 16.7. The third kappa shape index (κ3) is 5.70. The van der Waals surface area contributed by atoms with Gasteiger partial charge in [-0.1, -0.05) is 0 Å². The fourth-order valence-electron chi connectivity index (χ4n) is 4.07. The Bertz CT molecular complexity index is 1230. The zero-order valence-electron chi connectivity index (χ0n) is 18.2. The van der Waals surface area contributed by atoms with Crippen LogP contribution in [0, 0.1) is 11.3 Å². The molecule has 186 valence electrons. The molecule has 0 aliphatic carbocycles. The number of nitrogens with zero attached hydrogens (tertiary/aromatic N) is 6. The summed E-state index contributed by atoms with van der Waals surface area (Å²) in [5.41, 5.74) is 6.53. The van der Waals surface area contributed by atoms with Crippen LogP contribution in [-0.2, 0) is 11.2 Å². The molecule has 14 heteroatoms. The third-order valence-corrected chi connectivity index (χ3v) is 5.56. The molecule has 0 radical (unpaired) electrons. The molecule has 0 amide bonds. The van der Waals surface area contributed by atoms with E-state index in [-0.39, 0.29) is 30.4 Å². The van der Waals surface area contributed by atoms with E-state index in [1.807, 2.05) is 0 Å². The number of hydrogen-bond donors (Lipinski definition) is 2. The number of halogens is 5. The maximum Gasteiger partial charge on any atom is 0.394 e. The summed E-state index contributed by atoms with van der Waals surface area (Å²) in [5, 5.41) is 7.56. The van der Waals surface area contributed by atoms with Crippen LogP contribution >= 0.6 is 0 Å². The van der Waals surface area contributed by atoms with Crippen LogP contribution in [0.15, 0.2) is 42.6 Å². The molecule has 3 aromatic rings. The summed E-state index contributed by atoms with van der Waals surface area (Å²) in [5.74, 6) is 0.220. The van der Waals surface area contributed by atoms with E-state index in [1.54, 1.807) is 11.0 Å². The maximum atomic E-state index is 12.9. The van der Waals surface area contributed by atoms with Crippen LogP contribution < -0.4 is 10.6 Å². The number of aromatic nitrogens is 5. The number of anilines is 1. The van der Waals surface area contributed by atoms with Gasteiger partial charge in [0.25, 0.3) is 0 Å². The van der Waals surface area contributed by atoms with Gasteiger partial charge in [-0.15, -0.1) is 0 Å². The molecule has 1 aliphatic heterocycles. The van der Waals surface area contributed by atoms with E-state index in [0.29, 0.717) is 29.3 Å². The van der Waals surface area contributed by atoms with Crippen molar-refractivity contribution < 1.29 is 26.7 Å². The van der Waals surface area contributed by atoms with Crippen LogP contribution in [0.1, 0.15) is 12.1 Å². The first-order valence-electron chi connectivity index (χ1n) is 10.5. The summed E-state index contributed by atoms with van der Waals surface area (Å²) in [7, 11) is 0. The molecule has 4 rings (SSSR count). The smallest absolute Gasteiger partial charge is 0.394 e. The third-order valence-electron chi connectivity index (χ3n) is 5.56. The monoisotopic (exact) mass is 496 g/mol. The van der Waals surface area contributed by atoms with E-state index < -0.39 is 25.3 Å². The van der Waals surface area contributed by atoms with Crippen LogP contribution in [0.2, 0.25) is 0 Å². The second-order valence-electron chi connectivity index (χ2n) is 7.95. The summed E-state index contributed by atoms with van der Waals surface area (Å²) in [6.45, 7) is -2.52. The number of nitrogens with one attached hydrogen (secondary N) is 1. The number of ether oxygens (including phenoxy) is 1. The van der Waals surface area contributed by atoms with Crippen LogP contribution in [0.4, 0.5) is 27.8 Å². The molecule has 0 spiro atoms. The molecule has 0 aromatic carbocycles. The minimum absolute atomic E-state index is 0.111. The zero-order chi connectivity index (χ0) is 25.2. The molecule has 0 saturated carbocycles. The Balaban J connectivity index is 1.67. The van der Waals surface area contributed by atoms with Crippen molar-refractivity contribution in [3.05, 3.63) is 48.3 Å². The van der Waals surface area contributed by atoms with Gasteiger partial charge in [0, 0.05) is 37.6 Å². The van der Waals surface area contributed by atoms with E-state index in [2.05, 4.69) is 19.9 Å². The van der Waals surface area contributed by atoms with Crippen molar-refractivity contribution in [1.82, 2.24) is 24.3 Å². The standard InChI is InChI=1S/C21H21F5N8O/c22-20(23)35-15-3-12(13(5-27)6-28)9-33(11-15)17-1-2-29-19(32-17)16-7-31-18-8-30-14(10-34(16)18)4-21(24,25)26/h1-2,5-8,10,12,15,20,27H,3-4,9,11,28H2/b13-6+,27-5?. The zero-order valence-corrected chi connectivity index (χ0v) is 18.2. The number of alkyl halides is 5. The summed E-state index contributed by atoms with van der Waals surface area (Å²) >= 11 is 0. The Hall–Kier alpha value is -3.68. The topological polar surface area (TPSA) is 118 Å². The summed E-state index contributed by atoms with van der Waals surface area (Å²) in [6.07, 6.45) is 1.45. The minimum atomic E-state index is -4.42. The fraction of sp³-hybridized carbons (Fsp3) is 0.381. The van der Waals surface area contributed by atoms with Gasteiger partial charge >= 0.3 is 12.8 Å². The van der Waals surface area contributed by atoms with E-state index in [4.69, 9.17) is 15.9 Å². The van der Waals surface area contributed by atoms with Crippen LogP contribution in [-0.4, -0.2) is 62.5 Å². The van der Waals surface area contributed by atoms with Gasteiger partial charge in [-0.25, -0.2) is 15.0 Å². The van der Waals surface area contributed by atoms with Gasteiger partial charge in [-0.2, -0.15) is 22.0 Å². The molecule has 2 unspecified atom stereocenters. The van der Waals surface area contributed by atoms with Crippen molar-refractivity contribution in [2.45, 2.75) is 31.7 Å². The number of fused-ring (bicyclic) bond motifs is 1. The Morgan fingerprint density at radius 1 is 1.23 bits per heavy atom. The fourth-order valence-corrected chi connectivity index (χ4v) is 4.07. The van der Waals surface area contributed by atoms with Gasteiger partial charge < -0.3 is 20.8 Å². The van der Waals surface area contributed by atoms with Gasteiger partial charge in [0.2, 0.25) is 0 Å². The van der Waals surface area contributed by atoms with E-state index in [1.165, 1.54) is 35.4 Å². The molecular weight excluding hydrogens is 475 g/mol. The quantitative estimate of drug-likeness (QED) is 0.381. The molecule has 3 N–H and O–H groups in total. The van der Waals surface area contributed by atoms with E-state index in [0.717, 1.165) is 6.21 Å². The van der Waals surface area contributed by atoms with Crippen molar-refractivity contribution in [2.24, 2.45) is 11.7 Å². The highest BCUT2D eigenvalue weighted by Crippen LogP contribution is 2.29. The number of piperidine rings is 1. The van der Waals surface area contributed by atoms with Gasteiger partial charge in [0.05, 0.1) is 30.6 Å². The van der Waals surface area contributed by atoms with Crippen LogP contribution in [0.25, 0.3) is 17.2 Å². The average Bonchev–Trinajstić information content (AvgIpc) is 3.21. The molecule has 3 aromatic heterocycles. The maximum absolute atomic E-state index is 12.9. The normalized spacial score (nSPS) is 19.5. The molecule has 1 aliphatic rings. The van der Waals surface area contributed by atoms with Gasteiger partial charge in [-0.3, -0.25) is 9.38 Å². The molecular formula is C21H21F5N8O. The van der Waals surface area contributed by atoms with Crippen molar-refractivity contribution >= 4 is 17.7 Å². The molecule has 0 bridgehead atoms. The van der Waals surface area contributed by atoms with Crippen molar-refractivity contribution in [3.63, 3.8) is 0 Å². The summed E-state index contributed by atoms with van der Waals surface area (Å²) in [6, 6.07) is 1.58. The summed E-state index contributed by atoms with van der Waals surface area (Å²) < 4.78 is 70.5. The molecule has 1 fully saturated rings. The Morgan fingerprint density at radius 3 is 2.71 bits per heavy atom. The summed E-state index contributed by atoms with van der Waals surface area (Å²) in [4.78, 5) is 18.4. The lowest BCUT2D eigenvalue weighted by atomic mass is 9.89. The van der Waals surface area contributed by atoms with E-state index >= 15 is 0 Å². The molecule has 35 heavy (non-hydrogen) atoms. The van der Waals surface area contributed by atoms with Crippen molar-refractivity contribution in [2.75, 3.05) is 18.0 Å². The predicted octanol–water partition coefficient (Wildman–Crippen LogP) is 3.22. The van der Waals surface area contributed by atoms with Crippen molar-refractivity contribution in [1.29, 1.82) is 5.41 Å². The van der Waals surface area contributed by atoms with Crippen LogP contribution in [0.5, 0.6) is 0 Å². The van der Waals surface area contributed by atoms with Crippen molar-refractivity contribution in [3.8, 4) is 11.5 Å². The molecule has 9 nitrogen and oxygen atoms in total. The first kappa shape index (κ1) is 24.4. The Kier molecular flexibility index (Phi) is 6.91. The predicted molar refractivity (Wildman–Crippen MR) is 116 cm³/mol. The number of imidazole rings is 1. The largest absolute Gasteiger partial charge is 0.404 e. The molecule has 1 saturated heterocycles. The molecule has 2 atom stereocenters. The second kappa shape index (κ2) is 9.90. The van der Waals surface area contributed by atoms with E-state index in [9.17, 15) is 22.0 Å². The highest BCUT2D eigenvalue weighted by Gasteiger charge is 2.32. The Morgan fingerprint density at radius 2 is 2.03 bits per heavy atom. The first-order valence-corrected chi connectivity index (χ1v) is 10.5. The highest BCUT2D eigenvalue weighted by molar-refractivity contribution is 5.76. The minimum Gasteiger partial charge on any atom is -0.404 e.